The molecule has 3 amide bonds. The molecule has 0 saturated heterocycles. The summed E-state index contributed by atoms with van der Waals surface area (Å²) in [6, 6.07) is 15.2. The highest BCUT2D eigenvalue weighted by Gasteiger charge is 2.27. The maximum Gasteiger partial charge on any atom is 0.249 e. The van der Waals surface area contributed by atoms with Crippen LogP contribution in [0.4, 0.5) is 11.4 Å². The molecule has 2 rings (SSSR count). The summed E-state index contributed by atoms with van der Waals surface area (Å²) in [7, 11) is 1.60. The Balaban J connectivity index is 2.27. The van der Waals surface area contributed by atoms with Crippen molar-refractivity contribution in [3.05, 3.63) is 54.6 Å². The predicted molar refractivity (Wildman–Crippen MR) is 114 cm³/mol. The Morgan fingerprint density at radius 1 is 0.967 bits per heavy atom. The van der Waals surface area contributed by atoms with Gasteiger partial charge in [-0.25, -0.2) is 5.06 Å². The molecule has 0 radical (unpaired) electrons. The van der Waals surface area contributed by atoms with Gasteiger partial charge in [-0.05, 0) is 45.0 Å². The third-order valence-electron chi connectivity index (χ3n) is 4.08. The van der Waals surface area contributed by atoms with E-state index in [4.69, 9.17) is 4.84 Å². The molecule has 0 aliphatic carbocycles. The van der Waals surface area contributed by atoms with Gasteiger partial charge in [0.05, 0.1) is 11.3 Å². The molecule has 2 aromatic rings. The second kappa shape index (κ2) is 9.89. The van der Waals surface area contributed by atoms with Crippen molar-refractivity contribution < 1.29 is 24.3 Å². The summed E-state index contributed by atoms with van der Waals surface area (Å²) < 4.78 is 0. The van der Waals surface area contributed by atoms with Crippen LogP contribution in [-0.4, -0.2) is 54.1 Å². The number of likely N-dealkylation sites (N-methyl/N-ethyl adjacent to an activating group) is 1. The highest BCUT2D eigenvalue weighted by molar-refractivity contribution is 6.05. The quantitative estimate of drug-likeness (QED) is 0.531. The standard InChI is InChI=1S/C22H27N3O5/c1-22(2,3)30-24(16-26)14-21(29)25(18-12-8-9-13-19(18)27)15-20(28)23(4)17-10-6-5-7-11-17/h5-13,16,27H,14-15H2,1-4H3. The minimum Gasteiger partial charge on any atom is -0.506 e. The number of hydroxylamine groups is 2. The maximum absolute atomic E-state index is 13.0. The van der Waals surface area contributed by atoms with E-state index in [1.165, 1.54) is 17.0 Å². The fourth-order valence-electron chi connectivity index (χ4n) is 2.70. The van der Waals surface area contributed by atoms with Crippen LogP contribution in [-0.2, 0) is 19.2 Å². The first-order valence-corrected chi connectivity index (χ1v) is 9.43. The number of benzene rings is 2. The number of nitrogens with zero attached hydrogens (tertiary/aromatic N) is 3. The van der Waals surface area contributed by atoms with Crippen LogP contribution in [0.3, 0.4) is 0 Å². The first-order valence-electron chi connectivity index (χ1n) is 9.43. The Morgan fingerprint density at radius 2 is 1.57 bits per heavy atom. The van der Waals surface area contributed by atoms with E-state index in [0.29, 0.717) is 12.1 Å². The molecule has 160 valence electrons. The van der Waals surface area contributed by atoms with Crippen LogP contribution in [0.1, 0.15) is 20.8 Å². The number of aromatic hydroxyl groups is 1. The normalized spacial score (nSPS) is 10.9. The number of carbonyl (C=O) groups excluding carboxylic acids is 3. The smallest absolute Gasteiger partial charge is 0.249 e. The van der Waals surface area contributed by atoms with E-state index >= 15 is 0 Å². The SMILES string of the molecule is CN(C(=O)CN(C(=O)CN(C=O)OC(C)(C)C)c1ccccc1O)c1ccccc1. The van der Waals surface area contributed by atoms with E-state index in [9.17, 15) is 19.5 Å². The average molecular weight is 413 g/mol. The van der Waals surface area contributed by atoms with Gasteiger partial charge in [0.1, 0.15) is 18.8 Å². The molecule has 2 aromatic carbocycles. The molecule has 30 heavy (non-hydrogen) atoms. The Bertz CT molecular complexity index is 880. The number of carbonyl (C=O) groups is 3. The fourth-order valence-corrected chi connectivity index (χ4v) is 2.70. The third-order valence-corrected chi connectivity index (χ3v) is 4.08. The largest absolute Gasteiger partial charge is 0.506 e. The zero-order valence-corrected chi connectivity index (χ0v) is 17.6. The van der Waals surface area contributed by atoms with Crippen molar-refractivity contribution in [1.82, 2.24) is 5.06 Å². The molecule has 0 spiro atoms. The van der Waals surface area contributed by atoms with Gasteiger partial charge in [-0.3, -0.25) is 24.1 Å². The fraction of sp³-hybridized carbons (Fsp3) is 0.318. The average Bonchev–Trinajstić information content (AvgIpc) is 2.71. The molecule has 1 N–H and O–H groups in total. The molecule has 0 atom stereocenters. The molecule has 0 aliphatic heterocycles. The van der Waals surface area contributed by atoms with E-state index in [-0.39, 0.29) is 23.9 Å². The zero-order chi connectivity index (χ0) is 22.3. The van der Waals surface area contributed by atoms with E-state index in [0.717, 1.165) is 9.96 Å². The van der Waals surface area contributed by atoms with Gasteiger partial charge in [0.15, 0.2) is 0 Å². The van der Waals surface area contributed by atoms with Crippen LogP contribution >= 0.6 is 0 Å². The minimum atomic E-state index is -0.690. The van der Waals surface area contributed by atoms with Crippen LogP contribution in [0, 0.1) is 0 Å². The molecular formula is C22H27N3O5. The van der Waals surface area contributed by atoms with Gasteiger partial charge in [-0.2, -0.15) is 0 Å². The lowest BCUT2D eigenvalue weighted by atomic mass is 10.2. The molecular weight excluding hydrogens is 386 g/mol. The van der Waals surface area contributed by atoms with E-state index < -0.39 is 18.1 Å². The molecule has 0 bridgehead atoms. The van der Waals surface area contributed by atoms with E-state index in [1.54, 1.807) is 64.2 Å². The Kier molecular flexibility index (Phi) is 7.54. The Labute approximate surface area is 176 Å². The van der Waals surface area contributed by atoms with Gasteiger partial charge in [0.25, 0.3) is 0 Å². The number of hydrogen-bond acceptors (Lipinski definition) is 5. The zero-order valence-electron chi connectivity index (χ0n) is 17.6. The number of hydrogen-bond donors (Lipinski definition) is 1. The summed E-state index contributed by atoms with van der Waals surface area (Å²) in [6.45, 7) is 4.48. The van der Waals surface area contributed by atoms with E-state index in [1.807, 2.05) is 6.07 Å². The molecule has 8 heteroatoms. The lowest BCUT2D eigenvalue weighted by molar-refractivity contribution is -0.215. The van der Waals surface area contributed by atoms with Crippen molar-refractivity contribution in [1.29, 1.82) is 0 Å². The molecule has 0 fully saturated rings. The number of para-hydroxylation sites is 3. The minimum absolute atomic E-state index is 0.157. The maximum atomic E-state index is 13.0. The summed E-state index contributed by atoms with van der Waals surface area (Å²) in [5.41, 5.74) is 0.140. The van der Waals surface area contributed by atoms with Gasteiger partial charge in [-0.1, -0.05) is 30.3 Å². The van der Waals surface area contributed by atoms with E-state index in [2.05, 4.69) is 0 Å². The Morgan fingerprint density at radius 3 is 2.13 bits per heavy atom. The first kappa shape index (κ1) is 22.9. The van der Waals surface area contributed by atoms with Crippen LogP contribution in [0.2, 0.25) is 0 Å². The molecule has 0 heterocycles. The van der Waals surface area contributed by atoms with Gasteiger partial charge < -0.3 is 10.0 Å². The van der Waals surface area contributed by atoms with Gasteiger partial charge in [0, 0.05) is 12.7 Å². The number of rotatable bonds is 8. The third kappa shape index (κ3) is 6.31. The molecule has 0 saturated carbocycles. The summed E-state index contributed by atoms with van der Waals surface area (Å²) in [6.07, 6.45) is 0.407. The summed E-state index contributed by atoms with van der Waals surface area (Å²) in [5.74, 6) is -1.11. The molecule has 0 aliphatic rings. The Hall–Kier alpha value is -3.39. The van der Waals surface area contributed by atoms with Crippen molar-refractivity contribution in [3.63, 3.8) is 0 Å². The second-order valence-electron chi connectivity index (χ2n) is 7.64. The van der Waals surface area contributed by atoms with Crippen LogP contribution < -0.4 is 9.80 Å². The van der Waals surface area contributed by atoms with Gasteiger partial charge in [0.2, 0.25) is 18.2 Å². The van der Waals surface area contributed by atoms with Crippen molar-refractivity contribution in [2.75, 3.05) is 29.9 Å². The van der Waals surface area contributed by atoms with Crippen LogP contribution in [0.15, 0.2) is 54.6 Å². The van der Waals surface area contributed by atoms with Gasteiger partial charge in [-0.15, -0.1) is 0 Å². The topological polar surface area (TPSA) is 90.4 Å². The van der Waals surface area contributed by atoms with Crippen molar-refractivity contribution >= 4 is 29.6 Å². The number of anilines is 2. The number of phenols is 1. The molecule has 0 aromatic heterocycles. The molecule has 8 nitrogen and oxygen atoms in total. The second-order valence-corrected chi connectivity index (χ2v) is 7.64. The lowest BCUT2D eigenvalue weighted by Crippen LogP contribution is -2.47. The number of amides is 3. The summed E-state index contributed by atoms with van der Waals surface area (Å²) in [5, 5.41) is 11.1. The number of phenolic OH excluding ortho intramolecular Hbond substituents is 1. The monoisotopic (exact) mass is 413 g/mol. The van der Waals surface area contributed by atoms with Crippen molar-refractivity contribution in [2.24, 2.45) is 0 Å². The first-order chi connectivity index (χ1) is 14.1. The predicted octanol–water partition coefficient (Wildman–Crippen LogP) is 2.58. The van der Waals surface area contributed by atoms with Crippen molar-refractivity contribution in [2.45, 2.75) is 26.4 Å². The van der Waals surface area contributed by atoms with Gasteiger partial charge >= 0.3 is 0 Å². The summed E-state index contributed by atoms with van der Waals surface area (Å²) >= 11 is 0. The highest BCUT2D eigenvalue weighted by Crippen LogP contribution is 2.27. The summed E-state index contributed by atoms with van der Waals surface area (Å²) in [4.78, 5) is 45.3. The highest BCUT2D eigenvalue weighted by atomic mass is 16.7. The molecule has 0 unspecified atom stereocenters. The van der Waals surface area contributed by atoms with Crippen LogP contribution in [0.5, 0.6) is 5.75 Å². The van der Waals surface area contributed by atoms with Crippen LogP contribution in [0.25, 0.3) is 0 Å². The van der Waals surface area contributed by atoms with Crippen molar-refractivity contribution in [3.8, 4) is 5.75 Å². The lowest BCUT2D eigenvalue weighted by Gasteiger charge is -2.30.